The van der Waals surface area contributed by atoms with Gasteiger partial charge >= 0.3 is 0 Å². The lowest BCUT2D eigenvalue weighted by Crippen LogP contribution is -2.56. The molecule has 192 valence electrons. The minimum absolute atomic E-state index is 0.0206. The van der Waals surface area contributed by atoms with Crippen LogP contribution in [0.25, 0.3) is 0 Å². The molecule has 1 aliphatic rings. The molecule has 2 rings (SSSR count). The van der Waals surface area contributed by atoms with E-state index in [0.717, 1.165) is 5.56 Å². The van der Waals surface area contributed by atoms with Crippen LogP contribution in [0.2, 0.25) is 0 Å². The zero-order chi connectivity index (χ0) is 25.8. The highest BCUT2D eigenvalue weighted by Crippen LogP contribution is 2.13. The Morgan fingerprint density at radius 3 is 2.31 bits per heavy atom. The summed E-state index contributed by atoms with van der Waals surface area (Å²) in [5.41, 5.74) is 18.7. The standard InChI is InChI=1S/C23H38N10O2/c1-16(18(13-24)12-17-6-3-2-4-7-17)29-15-20(34)31-19(14-30-22(25)26)21(35)32-8-5-9-33(11-10-32)23(27)28/h2-4,6-7,18-19,29H,1,5,8-15,24H2,(H3,27,28)(H,31,34)(H4,25,26,30). The first-order valence-corrected chi connectivity index (χ1v) is 11.6. The summed E-state index contributed by atoms with van der Waals surface area (Å²) >= 11 is 0. The molecule has 0 aliphatic carbocycles. The molecule has 1 saturated heterocycles. The van der Waals surface area contributed by atoms with Crippen LogP contribution in [0.3, 0.4) is 0 Å². The van der Waals surface area contributed by atoms with Gasteiger partial charge in [-0.05, 0) is 18.4 Å². The number of nitrogens with one attached hydrogen (secondary N) is 5. The van der Waals surface area contributed by atoms with Crippen molar-refractivity contribution in [3.05, 3.63) is 48.2 Å². The summed E-state index contributed by atoms with van der Waals surface area (Å²) in [7, 11) is 0. The molecule has 2 unspecified atom stereocenters. The van der Waals surface area contributed by atoms with E-state index in [-0.39, 0.29) is 36.8 Å². The van der Waals surface area contributed by atoms with Gasteiger partial charge in [0.2, 0.25) is 11.8 Å². The Hall–Kier alpha value is -3.80. The van der Waals surface area contributed by atoms with Crippen LogP contribution in [0.1, 0.15) is 12.0 Å². The summed E-state index contributed by atoms with van der Waals surface area (Å²) in [5, 5.41) is 23.4. The van der Waals surface area contributed by atoms with Gasteiger partial charge < -0.3 is 43.0 Å². The number of amides is 2. The number of hydrogen-bond donors (Lipinski definition) is 8. The van der Waals surface area contributed by atoms with E-state index in [2.05, 4.69) is 22.5 Å². The van der Waals surface area contributed by atoms with Gasteiger partial charge in [-0.25, -0.2) is 0 Å². The van der Waals surface area contributed by atoms with E-state index in [4.69, 9.17) is 28.0 Å². The molecule has 12 nitrogen and oxygen atoms in total. The van der Waals surface area contributed by atoms with Crippen LogP contribution in [-0.4, -0.2) is 85.4 Å². The number of carbonyl (C=O) groups is 2. The largest absolute Gasteiger partial charge is 0.380 e. The van der Waals surface area contributed by atoms with E-state index < -0.39 is 11.9 Å². The number of hydrogen-bond acceptors (Lipinski definition) is 6. The van der Waals surface area contributed by atoms with E-state index in [1.807, 2.05) is 30.3 Å². The van der Waals surface area contributed by atoms with Gasteiger partial charge in [-0.15, -0.1) is 0 Å². The van der Waals surface area contributed by atoms with Gasteiger partial charge in [-0.1, -0.05) is 36.9 Å². The van der Waals surface area contributed by atoms with Gasteiger partial charge in [-0.2, -0.15) is 0 Å². The van der Waals surface area contributed by atoms with E-state index in [0.29, 0.717) is 51.3 Å². The highest BCUT2D eigenvalue weighted by Gasteiger charge is 2.28. The van der Waals surface area contributed by atoms with Crippen LogP contribution in [0.5, 0.6) is 0 Å². The number of carbonyl (C=O) groups excluding carboxylic acids is 2. The predicted octanol–water partition coefficient (Wildman–Crippen LogP) is -1.70. The first-order valence-electron chi connectivity index (χ1n) is 11.6. The number of rotatable bonds is 11. The number of guanidine groups is 2. The van der Waals surface area contributed by atoms with Gasteiger partial charge in [-0.3, -0.25) is 20.4 Å². The van der Waals surface area contributed by atoms with Gasteiger partial charge in [0.05, 0.1) is 6.54 Å². The van der Waals surface area contributed by atoms with Crippen molar-refractivity contribution in [1.29, 1.82) is 10.8 Å². The van der Waals surface area contributed by atoms with E-state index in [1.165, 1.54) is 0 Å². The fourth-order valence-electron chi connectivity index (χ4n) is 3.84. The molecular formula is C23H38N10O2. The predicted molar refractivity (Wildman–Crippen MR) is 136 cm³/mol. The molecule has 1 aliphatic heterocycles. The second kappa shape index (κ2) is 13.8. The molecule has 11 N–H and O–H groups in total. The number of nitrogens with two attached hydrogens (primary N) is 3. The van der Waals surface area contributed by atoms with Crippen molar-refractivity contribution in [2.45, 2.75) is 18.9 Å². The molecule has 1 heterocycles. The third kappa shape index (κ3) is 9.16. The van der Waals surface area contributed by atoms with Gasteiger partial charge in [0.25, 0.3) is 0 Å². The quantitative estimate of drug-likeness (QED) is 0.133. The molecule has 0 spiro atoms. The third-order valence-corrected chi connectivity index (χ3v) is 5.86. The molecule has 0 bridgehead atoms. The minimum Gasteiger partial charge on any atom is -0.380 e. The van der Waals surface area contributed by atoms with Crippen molar-refractivity contribution >= 4 is 23.7 Å². The highest BCUT2D eigenvalue weighted by molar-refractivity contribution is 5.89. The maximum atomic E-state index is 13.2. The van der Waals surface area contributed by atoms with Crippen molar-refractivity contribution in [2.75, 3.05) is 45.8 Å². The minimum atomic E-state index is -0.917. The van der Waals surface area contributed by atoms with Gasteiger partial charge in [0, 0.05) is 50.9 Å². The summed E-state index contributed by atoms with van der Waals surface area (Å²) in [4.78, 5) is 29.2. The Morgan fingerprint density at radius 2 is 1.69 bits per heavy atom. The lowest BCUT2D eigenvalue weighted by Gasteiger charge is -2.27. The fourth-order valence-corrected chi connectivity index (χ4v) is 3.84. The molecule has 2 atom stereocenters. The molecule has 1 fully saturated rings. The van der Waals surface area contributed by atoms with Crippen LogP contribution in [0.4, 0.5) is 0 Å². The van der Waals surface area contributed by atoms with E-state index >= 15 is 0 Å². The Labute approximate surface area is 206 Å². The molecule has 1 aromatic carbocycles. The highest BCUT2D eigenvalue weighted by atomic mass is 16.2. The summed E-state index contributed by atoms with van der Waals surface area (Å²) in [6.07, 6.45) is 1.34. The Kier molecular flexibility index (Phi) is 10.8. The Morgan fingerprint density at radius 1 is 1.03 bits per heavy atom. The second-order valence-electron chi connectivity index (χ2n) is 8.47. The van der Waals surface area contributed by atoms with Crippen molar-refractivity contribution in [3.63, 3.8) is 0 Å². The van der Waals surface area contributed by atoms with Crippen molar-refractivity contribution in [3.8, 4) is 0 Å². The zero-order valence-corrected chi connectivity index (χ0v) is 20.1. The van der Waals surface area contributed by atoms with Crippen molar-refractivity contribution < 1.29 is 9.59 Å². The average Bonchev–Trinajstić information content (AvgIpc) is 3.10. The van der Waals surface area contributed by atoms with E-state index in [9.17, 15) is 9.59 Å². The summed E-state index contributed by atoms with van der Waals surface area (Å²) in [6.45, 7) is 6.18. The average molecular weight is 487 g/mol. The van der Waals surface area contributed by atoms with Crippen LogP contribution < -0.4 is 33.2 Å². The Balaban J connectivity index is 1.94. The first kappa shape index (κ1) is 27.4. The molecular weight excluding hydrogens is 448 g/mol. The normalized spacial score (nSPS) is 15.3. The zero-order valence-electron chi connectivity index (χ0n) is 20.1. The monoisotopic (exact) mass is 486 g/mol. The maximum absolute atomic E-state index is 13.2. The summed E-state index contributed by atoms with van der Waals surface area (Å²) in [5.74, 6) is -1.07. The molecule has 12 heteroatoms. The molecule has 35 heavy (non-hydrogen) atoms. The second-order valence-corrected chi connectivity index (χ2v) is 8.47. The molecule has 0 saturated carbocycles. The third-order valence-electron chi connectivity index (χ3n) is 5.86. The van der Waals surface area contributed by atoms with Gasteiger partial charge in [0.1, 0.15) is 6.04 Å². The van der Waals surface area contributed by atoms with Gasteiger partial charge in [0.15, 0.2) is 11.9 Å². The number of benzene rings is 1. The maximum Gasteiger partial charge on any atom is 0.247 e. The van der Waals surface area contributed by atoms with Crippen LogP contribution in [-0.2, 0) is 16.0 Å². The van der Waals surface area contributed by atoms with E-state index in [1.54, 1.807) is 9.80 Å². The van der Waals surface area contributed by atoms with Crippen molar-refractivity contribution in [2.24, 2.45) is 23.1 Å². The lowest BCUT2D eigenvalue weighted by atomic mass is 9.97. The molecule has 1 aromatic rings. The summed E-state index contributed by atoms with van der Waals surface area (Å²) in [6, 6.07) is 8.97. The van der Waals surface area contributed by atoms with Crippen LogP contribution in [0, 0.1) is 16.7 Å². The first-order chi connectivity index (χ1) is 16.7. The molecule has 0 aromatic heterocycles. The topological polar surface area (TPSA) is 202 Å². The lowest BCUT2D eigenvalue weighted by molar-refractivity contribution is -0.136. The SMILES string of the molecule is C=C(NCC(=O)NC(CNC(=N)N)C(=O)N1CCCN(C(=N)N)CC1)C(CN)Cc1ccccc1. The van der Waals surface area contributed by atoms with Crippen LogP contribution in [0.15, 0.2) is 42.6 Å². The summed E-state index contributed by atoms with van der Waals surface area (Å²) < 4.78 is 0. The van der Waals surface area contributed by atoms with Crippen LogP contribution >= 0.6 is 0 Å². The number of nitrogens with zero attached hydrogens (tertiary/aromatic N) is 2. The fraction of sp³-hybridized carbons (Fsp3) is 0.478. The molecule has 2 amide bonds. The smallest absolute Gasteiger partial charge is 0.247 e. The molecule has 0 radical (unpaired) electrons. The van der Waals surface area contributed by atoms with Crippen molar-refractivity contribution in [1.82, 2.24) is 25.8 Å². The Bertz CT molecular complexity index is 892.